The smallest absolute Gasteiger partial charge is 0.287 e. The van der Waals surface area contributed by atoms with Crippen LogP contribution < -0.4 is 4.57 Å². The number of hydrogen-bond acceptors (Lipinski definition) is 3. The van der Waals surface area contributed by atoms with Gasteiger partial charge in [0, 0.05) is 10.8 Å². The number of nitriles is 1. The van der Waals surface area contributed by atoms with Gasteiger partial charge in [-0.1, -0.05) is 26.0 Å². The van der Waals surface area contributed by atoms with Crippen molar-refractivity contribution in [3.63, 3.8) is 0 Å². The normalized spacial score (nSPS) is 11.6. The van der Waals surface area contributed by atoms with Crippen LogP contribution >= 0.6 is 0 Å². The van der Waals surface area contributed by atoms with E-state index in [2.05, 4.69) is 62.6 Å². The molecule has 0 unspecified atom stereocenters. The number of fused-ring (bicyclic) bond motifs is 4. The highest BCUT2D eigenvalue weighted by atomic mass is 16.3. The second-order valence-corrected chi connectivity index (χ2v) is 8.60. The Bertz CT molecular complexity index is 1550. The lowest BCUT2D eigenvalue weighted by molar-refractivity contribution is -0.662. The first-order valence-electron chi connectivity index (χ1n) is 10.5. The van der Waals surface area contributed by atoms with Crippen LogP contribution in [0.4, 0.5) is 0 Å². The molecule has 0 amide bonds. The van der Waals surface area contributed by atoms with E-state index in [0.717, 1.165) is 44.1 Å². The van der Waals surface area contributed by atoms with Gasteiger partial charge in [0.25, 0.3) is 6.33 Å². The second-order valence-electron chi connectivity index (χ2n) is 8.60. The first-order chi connectivity index (χ1) is 14.9. The number of furan rings is 1. The van der Waals surface area contributed by atoms with Gasteiger partial charge in [0.2, 0.25) is 0 Å². The van der Waals surface area contributed by atoms with E-state index in [1.807, 2.05) is 31.6 Å². The van der Waals surface area contributed by atoms with Crippen LogP contribution in [-0.2, 0) is 7.05 Å². The summed E-state index contributed by atoms with van der Waals surface area (Å²) in [6.07, 6.45) is 1.87. The van der Waals surface area contributed by atoms with Gasteiger partial charge in [-0.3, -0.25) is 0 Å². The lowest BCUT2D eigenvalue weighted by atomic mass is 9.93. The van der Waals surface area contributed by atoms with Crippen molar-refractivity contribution in [2.24, 2.45) is 7.05 Å². The summed E-state index contributed by atoms with van der Waals surface area (Å²) in [5, 5.41) is 12.6. The predicted octanol–water partition coefficient (Wildman–Crippen LogP) is 6.24. The fourth-order valence-corrected chi connectivity index (χ4v) is 4.49. The van der Waals surface area contributed by atoms with E-state index in [1.165, 1.54) is 16.7 Å². The fraction of sp³-hybridized carbons (Fsp3) is 0.222. The number of benzene rings is 3. The van der Waals surface area contributed by atoms with Gasteiger partial charge < -0.3 is 4.42 Å². The maximum atomic E-state index is 9.68. The molecule has 0 bridgehead atoms. The number of aromatic nitrogens is 2. The van der Waals surface area contributed by atoms with E-state index in [1.54, 1.807) is 0 Å². The van der Waals surface area contributed by atoms with Crippen molar-refractivity contribution in [3.8, 4) is 17.3 Å². The number of rotatable bonds is 2. The van der Waals surface area contributed by atoms with Crippen molar-refractivity contribution in [1.29, 1.82) is 5.26 Å². The predicted molar refractivity (Wildman–Crippen MR) is 124 cm³/mol. The molecule has 4 heteroatoms. The summed E-state index contributed by atoms with van der Waals surface area (Å²) in [4.78, 5) is 4.70. The Hall–Kier alpha value is -3.71. The monoisotopic (exact) mass is 406 g/mol. The third-order valence-electron chi connectivity index (χ3n) is 6.33. The number of hydrogen-bond donors (Lipinski definition) is 0. The third kappa shape index (κ3) is 2.81. The summed E-state index contributed by atoms with van der Waals surface area (Å²) < 4.78 is 8.46. The standard InChI is InChI=1S/C27H24N3O/c1-15(2)18-9-10-20-22(12-18)29-14-30(5)26(20)24-17(4)16(3)11-21-25-19(13-28)7-6-8-23(25)31-27(21)24/h6-12,14-15H,1-5H3/q+1. The zero-order valence-corrected chi connectivity index (χ0v) is 18.4. The van der Waals surface area contributed by atoms with Crippen molar-refractivity contribution >= 4 is 32.8 Å². The minimum absolute atomic E-state index is 0.441. The topological polar surface area (TPSA) is 53.7 Å². The molecule has 31 heavy (non-hydrogen) atoms. The van der Waals surface area contributed by atoms with Gasteiger partial charge in [0.05, 0.1) is 29.6 Å². The molecule has 152 valence electrons. The minimum Gasteiger partial charge on any atom is -0.455 e. The van der Waals surface area contributed by atoms with Crippen LogP contribution in [0.25, 0.3) is 44.1 Å². The third-order valence-corrected chi connectivity index (χ3v) is 6.33. The zero-order chi connectivity index (χ0) is 21.9. The lowest BCUT2D eigenvalue weighted by Gasteiger charge is -2.13. The van der Waals surface area contributed by atoms with Gasteiger partial charge >= 0.3 is 0 Å². The van der Waals surface area contributed by atoms with Gasteiger partial charge in [-0.15, -0.1) is 0 Å². The summed E-state index contributed by atoms with van der Waals surface area (Å²) in [5.74, 6) is 0.441. The Morgan fingerprint density at radius 1 is 1.06 bits per heavy atom. The van der Waals surface area contributed by atoms with Gasteiger partial charge in [0.15, 0.2) is 5.52 Å². The maximum Gasteiger partial charge on any atom is 0.287 e. The highest BCUT2D eigenvalue weighted by Crippen LogP contribution is 2.41. The van der Waals surface area contributed by atoms with E-state index < -0.39 is 0 Å². The van der Waals surface area contributed by atoms with Crippen molar-refractivity contribution in [1.82, 2.24) is 4.98 Å². The highest BCUT2D eigenvalue weighted by molar-refractivity contribution is 6.13. The molecule has 0 radical (unpaired) electrons. The summed E-state index contributed by atoms with van der Waals surface area (Å²) in [6.45, 7) is 8.64. The average molecular weight is 407 g/mol. The average Bonchev–Trinajstić information content (AvgIpc) is 3.13. The van der Waals surface area contributed by atoms with Crippen LogP contribution in [0.1, 0.15) is 42.0 Å². The molecule has 0 atom stereocenters. The molecule has 0 saturated carbocycles. The van der Waals surface area contributed by atoms with E-state index in [-0.39, 0.29) is 0 Å². The molecule has 0 saturated heterocycles. The highest BCUT2D eigenvalue weighted by Gasteiger charge is 2.24. The fourth-order valence-electron chi connectivity index (χ4n) is 4.49. The van der Waals surface area contributed by atoms with Gasteiger partial charge in [-0.25, -0.2) is 4.57 Å². The van der Waals surface area contributed by atoms with Gasteiger partial charge in [-0.05, 0) is 71.8 Å². The summed E-state index contributed by atoms with van der Waals surface area (Å²) >= 11 is 0. The Morgan fingerprint density at radius 2 is 1.87 bits per heavy atom. The maximum absolute atomic E-state index is 9.68. The Kier molecular flexibility index (Phi) is 4.30. The Morgan fingerprint density at radius 3 is 2.61 bits per heavy atom. The molecular formula is C27H24N3O+. The molecule has 3 aromatic carbocycles. The van der Waals surface area contributed by atoms with Crippen molar-refractivity contribution in [3.05, 3.63) is 71.0 Å². The molecule has 0 aliphatic carbocycles. The van der Waals surface area contributed by atoms with E-state index in [9.17, 15) is 5.26 Å². The molecule has 4 nitrogen and oxygen atoms in total. The van der Waals surface area contributed by atoms with Crippen LogP contribution in [0.5, 0.6) is 0 Å². The van der Waals surface area contributed by atoms with Crippen LogP contribution in [0, 0.1) is 25.2 Å². The summed E-state index contributed by atoms with van der Waals surface area (Å²) in [5.41, 5.74) is 8.90. The molecule has 2 heterocycles. The summed E-state index contributed by atoms with van der Waals surface area (Å²) in [6, 6.07) is 16.7. The zero-order valence-electron chi connectivity index (χ0n) is 18.4. The molecule has 0 aliphatic rings. The minimum atomic E-state index is 0.441. The van der Waals surface area contributed by atoms with Crippen LogP contribution in [-0.4, -0.2) is 4.98 Å². The van der Waals surface area contributed by atoms with E-state index in [4.69, 9.17) is 9.40 Å². The number of aryl methyl sites for hydroxylation is 2. The van der Waals surface area contributed by atoms with Crippen molar-refractivity contribution in [2.75, 3.05) is 0 Å². The molecule has 0 fully saturated rings. The van der Waals surface area contributed by atoms with Crippen molar-refractivity contribution in [2.45, 2.75) is 33.6 Å². The second kappa shape index (κ2) is 6.92. The number of nitrogens with zero attached hydrogens (tertiary/aromatic N) is 3. The largest absolute Gasteiger partial charge is 0.455 e. The van der Waals surface area contributed by atoms with E-state index in [0.29, 0.717) is 11.5 Å². The molecule has 0 N–H and O–H groups in total. The van der Waals surface area contributed by atoms with Crippen LogP contribution in [0.2, 0.25) is 0 Å². The molecular weight excluding hydrogens is 382 g/mol. The quantitative estimate of drug-likeness (QED) is 0.326. The SMILES string of the molecule is Cc1cc2c(oc3cccc(C#N)c32)c(-c2c3ccc(C(C)C)cc3nc[n+]2C)c1C. The molecule has 0 spiro atoms. The van der Waals surface area contributed by atoms with Crippen molar-refractivity contribution < 1.29 is 8.98 Å². The lowest BCUT2D eigenvalue weighted by Crippen LogP contribution is -2.32. The Labute approximate surface area is 181 Å². The molecule has 0 aliphatic heterocycles. The van der Waals surface area contributed by atoms with E-state index >= 15 is 0 Å². The van der Waals surface area contributed by atoms with Crippen LogP contribution in [0.15, 0.2) is 53.2 Å². The van der Waals surface area contributed by atoms with Gasteiger partial charge in [0.1, 0.15) is 16.9 Å². The van der Waals surface area contributed by atoms with Crippen LogP contribution in [0.3, 0.4) is 0 Å². The molecule has 5 aromatic rings. The molecule has 5 rings (SSSR count). The molecule has 2 aromatic heterocycles. The first-order valence-corrected chi connectivity index (χ1v) is 10.5. The Balaban J connectivity index is 1.96. The summed E-state index contributed by atoms with van der Waals surface area (Å²) in [7, 11) is 2.02. The first kappa shape index (κ1) is 19.3. The van der Waals surface area contributed by atoms with Gasteiger partial charge in [-0.2, -0.15) is 5.26 Å².